The van der Waals surface area contributed by atoms with Crippen molar-refractivity contribution in [2.75, 3.05) is 0 Å². The summed E-state index contributed by atoms with van der Waals surface area (Å²) in [5.74, 6) is -0.326. The lowest BCUT2D eigenvalue weighted by atomic mass is 9.86. The number of carbonyl (C=O) groups excluding carboxylic acids is 1. The number of rotatable bonds is 5. The molecule has 0 spiro atoms. The number of benzene rings is 1. The Morgan fingerprint density at radius 1 is 1.41 bits per heavy atom. The zero-order valence-corrected chi connectivity index (χ0v) is 11.7. The van der Waals surface area contributed by atoms with Crippen LogP contribution in [0.1, 0.15) is 32.3 Å². The molecule has 1 aromatic rings. The van der Waals surface area contributed by atoms with E-state index in [-0.39, 0.29) is 18.0 Å². The summed E-state index contributed by atoms with van der Waals surface area (Å²) in [4.78, 5) is 12.1. The van der Waals surface area contributed by atoms with E-state index in [0.29, 0.717) is 17.3 Å². The van der Waals surface area contributed by atoms with Gasteiger partial charge in [-0.15, -0.1) is 0 Å². The van der Waals surface area contributed by atoms with Crippen LogP contribution in [0.3, 0.4) is 0 Å². The zero-order valence-electron chi connectivity index (χ0n) is 10.1. The molecule has 0 saturated carbocycles. The highest BCUT2D eigenvalue weighted by molar-refractivity contribution is 9.10. The fourth-order valence-electron chi connectivity index (χ4n) is 1.66. The molecule has 0 aliphatic heterocycles. The summed E-state index contributed by atoms with van der Waals surface area (Å²) < 4.78 is 13.5. The fourth-order valence-corrected chi connectivity index (χ4v) is 2.15. The molecule has 0 aliphatic rings. The van der Waals surface area contributed by atoms with Crippen LogP contribution < -0.4 is 5.73 Å². The van der Waals surface area contributed by atoms with Crippen molar-refractivity contribution in [3.8, 4) is 0 Å². The molecule has 2 N–H and O–H groups in total. The van der Waals surface area contributed by atoms with Crippen LogP contribution in [-0.2, 0) is 11.2 Å². The van der Waals surface area contributed by atoms with Gasteiger partial charge in [-0.1, -0.05) is 35.8 Å². The van der Waals surface area contributed by atoms with Gasteiger partial charge in [0.1, 0.15) is 5.82 Å². The van der Waals surface area contributed by atoms with Crippen LogP contribution in [0, 0.1) is 5.82 Å². The minimum Gasteiger partial charge on any atom is -0.319 e. The molecular formula is C13H17BrFNO. The average Bonchev–Trinajstić information content (AvgIpc) is 2.31. The number of hydrogen-bond donors (Lipinski definition) is 1. The minimum atomic E-state index is -0.770. The van der Waals surface area contributed by atoms with Crippen LogP contribution >= 0.6 is 15.9 Å². The van der Waals surface area contributed by atoms with E-state index in [1.54, 1.807) is 6.07 Å². The molecule has 4 heteroatoms. The number of halogens is 2. The second-order valence-corrected chi connectivity index (χ2v) is 5.05. The minimum absolute atomic E-state index is 0.00481. The molecule has 0 amide bonds. The molecule has 17 heavy (non-hydrogen) atoms. The maximum Gasteiger partial charge on any atom is 0.157 e. The van der Waals surface area contributed by atoms with E-state index in [0.717, 1.165) is 5.56 Å². The summed E-state index contributed by atoms with van der Waals surface area (Å²) in [5.41, 5.74) is 6.03. The van der Waals surface area contributed by atoms with Gasteiger partial charge in [0, 0.05) is 10.9 Å². The van der Waals surface area contributed by atoms with E-state index in [2.05, 4.69) is 15.9 Å². The largest absolute Gasteiger partial charge is 0.319 e. The van der Waals surface area contributed by atoms with Crippen molar-refractivity contribution in [3.05, 3.63) is 34.1 Å². The second-order valence-electron chi connectivity index (χ2n) is 4.20. The molecular weight excluding hydrogens is 285 g/mol. The van der Waals surface area contributed by atoms with Crippen molar-refractivity contribution >= 4 is 21.7 Å². The molecule has 0 atom stereocenters. The molecule has 94 valence electrons. The smallest absolute Gasteiger partial charge is 0.157 e. The molecule has 2 nitrogen and oxygen atoms in total. The van der Waals surface area contributed by atoms with Gasteiger partial charge in [-0.05, 0) is 30.5 Å². The molecule has 0 fully saturated rings. The molecule has 0 aliphatic carbocycles. The van der Waals surface area contributed by atoms with Gasteiger partial charge in [0.05, 0.1) is 5.54 Å². The first kappa shape index (κ1) is 14.3. The number of carbonyl (C=O) groups is 1. The maximum absolute atomic E-state index is 12.9. The summed E-state index contributed by atoms with van der Waals surface area (Å²) in [6, 6.07) is 4.32. The number of hydrogen-bond acceptors (Lipinski definition) is 2. The summed E-state index contributed by atoms with van der Waals surface area (Å²) in [5, 5.41) is 0. The van der Waals surface area contributed by atoms with Crippen molar-refractivity contribution < 1.29 is 9.18 Å². The average molecular weight is 302 g/mol. The Labute approximate surface area is 110 Å². The molecule has 1 aromatic carbocycles. The Morgan fingerprint density at radius 2 is 2.00 bits per heavy atom. The third-order valence-electron chi connectivity index (χ3n) is 3.18. The first-order valence-corrected chi connectivity index (χ1v) is 6.48. The normalized spacial score (nSPS) is 11.6. The zero-order chi connectivity index (χ0) is 13.1. The van der Waals surface area contributed by atoms with Gasteiger partial charge in [0.2, 0.25) is 0 Å². The lowest BCUT2D eigenvalue weighted by Crippen LogP contribution is -2.47. The molecule has 0 saturated heterocycles. The summed E-state index contributed by atoms with van der Waals surface area (Å²) in [7, 11) is 0. The standard InChI is InChI=1S/C13H17BrFNO/c1-3-13(16,4-2)12(17)7-9-5-6-10(15)8-11(9)14/h5-6,8H,3-4,7,16H2,1-2H3. The number of ketones is 1. The molecule has 0 radical (unpaired) electrons. The Hall–Kier alpha value is -0.740. The van der Waals surface area contributed by atoms with Crippen LogP contribution in [0.4, 0.5) is 4.39 Å². The van der Waals surface area contributed by atoms with Gasteiger partial charge < -0.3 is 5.73 Å². The SMILES string of the molecule is CCC(N)(CC)C(=O)Cc1ccc(F)cc1Br. The van der Waals surface area contributed by atoms with E-state index < -0.39 is 5.54 Å². The van der Waals surface area contributed by atoms with Gasteiger partial charge in [-0.2, -0.15) is 0 Å². The van der Waals surface area contributed by atoms with Crippen molar-refractivity contribution in [2.45, 2.75) is 38.6 Å². The van der Waals surface area contributed by atoms with Crippen LogP contribution in [0.2, 0.25) is 0 Å². The van der Waals surface area contributed by atoms with Gasteiger partial charge in [0.15, 0.2) is 5.78 Å². The quantitative estimate of drug-likeness (QED) is 0.907. The highest BCUT2D eigenvalue weighted by atomic mass is 79.9. The van der Waals surface area contributed by atoms with Crippen LogP contribution in [0.25, 0.3) is 0 Å². The first-order valence-electron chi connectivity index (χ1n) is 5.69. The molecule has 0 unspecified atom stereocenters. The lowest BCUT2D eigenvalue weighted by molar-refractivity contribution is -0.123. The Morgan fingerprint density at radius 3 is 2.47 bits per heavy atom. The van der Waals surface area contributed by atoms with Gasteiger partial charge >= 0.3 is 0 Å². The predicted molar refractivity (Wildman–Crippen MR) is 70.3 cm³/mol. The maximum atomic E-state index is 12.9. The molecule has 0 bridgehead atoms. The van der Waals surface area contributed by atoms with E-state index in [1.165, 1.54) is 12.1 Å². The van der Waals surface area contributed by atoms with E-state index in [9.17, 15) is 9.18 Å². The van der Waals surface area contributed by atoms with Crippen molar-refractivity contribution in [1.82, 2.24) is 0 Å². The van der Waals surface area contributed by atoms with Crippen LogP contribution in [-0.4, -0.2) is 11.3 Å². The van der Waals surface area contributed by atoms with Gasteiger partial charge in [-0.25, -0.2) is 4.39 Å². The number of nitrogens with two attached hydrogens (primary N) is 1. The van der Waals surface area contributed by atoms with E-state index >= 15 is 0 Å². The summed E-state index contributed by atoms with van der Waals surface area (Å²) >= 11 is 3.25. The molecule has 0 aromatic heterocycles. The molecule has 0 heterocycles. The highest BCUT2D eigenvalue weighted by Crippen LogP contribution is 2.22. The topological polar surface area (TPSA) is 43.1 Å². The van der Waals surface area contributed by atoms with Crippen molar-refractivity contribution in [2.24, 2.45) is 5.73 Å². The fraction of sp³-hybridized carbons (Fsp3) is 0.462. The Kier molecular flexibility index (Phi) is 4.83. The summed E-state index contributed by atoms with van der Waals surface area (Å²) in [6.07, 6.45) is 1.46. The monoisotopic (exact) mass is 301 g/mol. The second kappa shape index (κ2) is 5.74. The Bertz CT molecular complexity index is 416. The van der Waals surface area contributed by atoms with Crippen LogP contribution in [0.15, 0.2) is 22.7 Å². The predicted octanol–water partition coefficient (Wildman–Crippen LogP) is 3.22. The van der Waals surface area contributed by atoms with Crippen molar-refractivity contribution in [1.29, 1.82) is 0 Å². The lowest BCUT2D eigenvalue weighted by Gasteiger charge is -2.25. The van der Waals surface area contributed by atoms with Gasteiger partial charge in [0.25, 0.3) is 0 Å². The highest BCUT2D eigenvalue weighted by Gasteiger charge is 2.29. The van der Waals surface area contributed by atoms with Crippen LogP contribution in [0.5, 0.6) is 0 Å². The third-order valence-corrected chi connectivity index (χ3v) is 3.92. The van der Waals surface area contributed by atoms with E-state index in [1.807, 2.05) is 13.8 Å². The number of Topliss-reactive ketones (excluding diaryl/α,β-unsaturated/α-hetero) is 1. The van der Waals surface area contributed by atoms with Gasteiger partial charge in [-0.3, -0.25) is 4.79 Å². The van der Waals surface area contributed by atoms with E-state index in [4.69, 9.17) is 5.73 Å². The molecule has 1 rings (SSSR count). The summed E-state index contributed by atoms with van der Waals surface area (Å²) in [6.45, 7) is 3.81. The van der Waals surface area contributed by atoms with Crippen molar-refractivity contribution in [3.63, 3.8) is 0 Å². The third kappa shape index (κ3) is 3.36. The first-order chi connectivity index (χ1) is 7.92. The Balaban J connectivity index is 2.88.